The van der Waals surface area contributed by atoms with Crippen LogP contribution in [0.5, 0.6) is 11.5 Å². The van der Waals surface area contributed by atoms with E-state index in [9.17, 15) is 0 Å². The van der Waals surface area contributed by atoms with Crippen molar-refractivity contribution in [3.8, 4) is 11.5 Å². The third-order valence-electron chi connectivity index (χ3n) is 1.36. The predicted molar refractivity (Wildman–Crippen MR) is 38.9 cm³/mol. The molecule has 0 fully saturated rings. The van der Waals surface area contributed by atoms with Gasteiger partial charge < -0.3 is 15.9 Å². The lowest BCUT2D eigenvalue weighted by molar-refractivity contribution is 0.403. The van der Waals surface area contributed by atoms with Crippen molar-refractivity contribution in [2.45, 2.75) is 6.92 Å². The number of aryl methyl sites for hydroxylation is 1. The summed E-state index contributed by atoms with van der Waals surface area (Å²) in [5.74, 6) is -0.310. The van der Waals surface area contributed by atoms with Crippen LogP contribution in [0.25, 0.3) is 0 Å². The van der Waals surface area contributed by atoms with Gasteiger partial charge in [0.15, 0.2) is 11.5 Å². The van der Waals surface area contributed by atoms with E-state index in [0.29, 0.717) is 5.69 Å². The largest absolute Gasteiger partial charge is 0.504 e. The SMILES string of the molecule is Cc1cc(O)c(O)cc1N. The first kappa shape index (κ1) is 6.74. The third-order valence-corrected chi connectivity index (χ3v) is 1.36. The topological polar surface area (TPSA) is 66.5 Å². The third kappa shape index (κ3) is 0.978. The van der Waals surface area contributed by atoms with E-state index in [0.717, 1.165) is 5.56 Å². The second-order valence-electron chi connectivity index (χ2n) is 2.20. The van der Waals surface area contributed by atoms with Gasteiger partial charge in [-0.1, -0.05) is 0 Å². The Kier molecular flexibility index (Phi) is 1.41. The normalized spacial score (nSPS) is 9.70. The lowest BCUT2D eigenvalue weighted by Gasteiger charge is -2.01. The Morgan fingerprint density at radius 1 is 1.20 bits per heavy atom. The van der Waals surface area contributed by atoms with Crippen LogP contribution in [-0.2, 0) is 0 Å². The zero-order chi connectivity index (χ0) is 7.72. The first-order chi connectivity index (χ1) is 4.61. The van der Waals surface area contributed by atoms with Crippen LogP contribution in [0, 0.1) is 6.92 Å². The van der Waals surface area contributed by atoms with Crippen molar-refractivity contribution < 1.29 is 10.2 Å². The summed E-state index contributed by atoms with van der Waals surface area (Å²) in [5, 5.41) is 17.8. The van der Waals surface area contributed by atoms with E-state index in [1.165, 1.54) is 12.1 Å². The summed E-state index contributed by atoms with van der Waals surface area (Å²) >= 11 is 0. The highest BCUT2D eigenvalue weighted by atomic mass is 16.3. The number of anilines is 1. The van der Waals surface area contributed by atoms with Gasteiger partial charge in [0.1, 0.15) is 0 Å². The van der Waals surface area contributed by atoms with Crippen LogP contribution in [0.3, 0.4) is 0 Å². The molecule has 54 valence electrons. The van der Waals surface area contributed by atoms with Gasteiger partial charge in [-0.3, -0.25) is 0 Å². The molecular formula is C7H9NO2. The Hall–Kier alpha value is -1.38. The summed E-state index contributed by atoms with van der Waals surface area (Å²) < 4.78 is 0. The molecule has 0 atom stereocenters. The van der Waals surface area contributed by atoms with E-state index < -0.39 is 0 Å². The molecule has 0 aliphatic carbocycles. The van der Waals surface area contributed by atoms with Crippen LogP contribution in [0.2, 0.25) is 0 Å². The van der Waals surface area contributed by atoms with Crippen LogP contribution in [0.4, 0.5) is 5.69 Å². The van der Waals surface area contributed by atoms with Gasteiger partial charge in [0.25, 0.3) is 0 Å². The highest BCUT2D eigenvalue weighted by Gasteiger charge is 2.00. The Morgan fingerprint density at radius 3 is 2.20 bits per heavy atom. The molecular weight excluding hydrogens is 130 g/mol. The number of hydrogen-bond acceptors (Lipinski definition) is 3. The van der Waals surface area contributed by atoms with E-state index in [1.807, 2.05) is 0 Å². The zero-order valence-electron chi connectivity index (χ0n) is 5.63. The summed E-state index contributed by atoms with van der Waals surface area (Å²) in [6, 6.07) is 2.75. The second-order valence-corrected chi connectivity index (χ2v) is 2.20. The van der Waals surface area contributed by atoms with E-state index in [4.69, 9.17) is 15.9 Å². The van der Waals surface area contributed by atoms with E-state index in [-0.39, 0.29) is 11.5 Å². The Morgan fingerprint density at radius 2 is 1.70 bits per heavy atom. The molecule has 0 radical (unpaired) electrons. The van der Waals surface area contributed by atoms with Crippen molar-refractivity contribution in [3.05, 3.63) is 17.7 Å². The maximum absolute atomic E-state index is 8.92. The number of nitrogen functional groups attached to an aromatic ring is 1. The monoisotopic (exact) mass is 139 g/mol. The van der Waals surface area contributed by atoms with Crippen molar-refractivity contribution in [2.24, 2.45) is 0 Å². The first-order valence-corrected chi connectivity index (χ1v) is 2.89. The molecule has 0 unspecified atom stereocenters. The summed E-state index contributed by atoms with van der Waals surface area (Å²) in [4.78, 5) is 0. The van der Waals surface area contributed by atoms with Crippen LogP contribution in [0.1, 0.15) is 5.56 Å². The van der Waals surface area contributed by atoms with Crippen molar-refractivity contribution in [1.29, 1.82) is 0 Å². The van der Waals surface area contributed by atoms with E-state index >= 15 is 0 Å². The molecule has 0 aliphatic rings. The maximum atomic E-state index is 8.92. The minimum absolute atomic E-state index is 0.133. The fourth-order valence-electron chi connectivity index (χ4n) is 0.697. The summed E-state index contributed by atoms with van der Waals surface area (Å²) in [6.07, 6.45) is 0. The number of phenols is 2. The van der Waals surface area contributed by atoms with Gasteiger partial charge in [0.2, 0.25) is 0 Å². The summed E-state index contributed by atoms with van der Waals surface area (Å²) in [7, 11) is 0. The van der Waals surface area contributed by atoms with Gasteiger partial charge in [-0.05, 0) is 18.6 Å². The molecule has 0 aliphatic heterocycles. The lowest BCUT2D eigenvalue weighted by atomic mass is 10.2. The highest BCUT2D eigenvalue weighted by Crippen LogP contribution is 2.28. The predicted octanol–water partition coefficient (Wildman–Crippen LogP) is 0.988. The molecule has 3 heteroatoms. The molecule has 0 heterocycles. The fourth-order valence-corrected chi connectivity index (χ4v) is 0.697. The Labute approximate surface area is 58.7 Å². The quantitative estimate of drug-likeness (QED) is 0.285. The number of phenolic OH excluding ortho intramolecular Hbond substituents is 2. The van der Waals surface area contributed by atoms with Crippen LogP contribution in [-0.4, -0.2) is 10.2 Å². The molecule has 1 aromatic rings. The van der Waals surface area contributed by atoms with Gasteiger partial charge in [0.05, 0.1) is 0 Å². The molecule has 4 N–H and O–H groups in total. The average molecular weight is 139 g/mol. The van der Waals surface area contributed by atoms with E-state index in [1.54, 1.807) is 6.92 Å². The minimum Gasteiger partial charge on any atom is -0.504 e. The maximum Gasteiger partial charge on any atom is 0.159 e. The van der Waals surface area contributed by atoms with Crippen molar-refractivity contribution in [2.75, 3.05) is 5.73 Å². The molecule has 10 heavy (non-hydrogen) atoms. The highest BCUT2D eigenvalue weighted by molar-refractivity contribution is 5.56. The standard InChI is InChI=1S/C7H9NO2/c1-4-2-6(9)7(10)3-5(4)8/h2-3,9-10H,8H2,1H3. The van der Waals surface area contributed by atoms with Gasteiger partial charge in [-0.25, -0.2) is 0 Å². The number of nitrogens with two attached hydrogens (primary N) is 1. The number of rotatable bonds is 0. The summed E-state index contributed by atoms with van der Waals surface area (Å²) in [5.41, 5.74) is 6.66. The summed E-state index contributed by atoms with van der Waals surface area (Å²) in [6.45, 7) is 1.76. The van der Waals surface area contributed by atoms with E-state index in [2.05, 4.69) is 0 Å². The van der Waals surface area contributed by atoms with Gasteiger partial charge in [-0.15, -0.1) is 0 Å². The fraction of sp³-hybridized carbons (Fsp3) is 0.143. The molecule has 1 aromatic carbocycles. The Balaban J connectivity index is 3.28. The minimum atomic E-state index is -0.178. The van der Waals surface area contributed by atoms with Crippen molar-refractivity contribution >= 4 is 5.69 Å². The molecule has 0 aromatic heterocycles. The number of aromatic hydroxyl groups is 2. The van der Waals surface area contributed by atoms with Crippen molar-refractivity contribution in [3.63, 3.8) is 0 Å². The van der Waals surface area contributed by atoms with Gasteiger partial charge >= 0.3 is 0 Å². The van der Waals surface area contributed by atoms with Crippen LogP contribution < -0.4 is 5.73 Å². The number of hydrogen-bond donors (Lipinski definition) is 3. The average Bonchev–Trinajstić information content (AvgIpc) is 1.84. The van der Waals surface area contributed by atoms with Crippen LogP contribution in [0.15, 0.2) is 12.1 Å². The van der Waals surface area contributed by atoms with Gasteiger partial charge in [0, 0.05) is 11.8 Å². The second kappa shape index (κ2) is 2.10. The molecule has 0 spiro atoms. The molecule has 0 saturated carbocycles. The zero-order valence-corrected chi connectivity index (χ0v) is 5.63. The van der Waals surface area contributed by atoms with Crippen LogP contribution >= 0.6 is 0 Å². The van der Waals surface area contributed by atoms with Gasteiger partial charge in [-0.2, -0.15) is 0 Å². The smallest absolute Gasteiger partial charge is 0.159 e. The lowest BCUT2D eigenvalue weighted by Crippen LogP contribution is -1.87. The Bertz CT molecular complexity index is 208. The molecule has 3 nitrogen and oxygen atoms in total. The molecule has 0 bridgehead atoms. The molecule has 0 saturated heterocycles. The molecule has 0 amide bonds. The first-order valence-electron chi connectivity index (χ1n) is 2.89. The van der Waals surface area contributed by atoms with Crippen molar-refractivity contribution in [1.82, 2.24) is 0 Å². The molecule has 1 rings (SSSR count). The number of benzene rings is 1.